The molecule has 0 bridgehead atoms. The molecule has 4 rings (SSSR count). The summed E-state index contributed by atoms with van der Waals surface area (Å²) in [5.74, 6) is 1.10. The lowest BCUT2D eigenvalue weighted by Crippen LogP contribution is -2.48. The van der Waals surface area contributed by atoms with Crippen LogP contribution in [-0.2, 0) is 16.6 Å². The monoisotopic (exact) mass is 388 g/mol. The van der Waals surface area contributed by atoms with Crippen LogP contribution in [0.4, 0.5) is 0 Å². The number of rotatable bonds is 4. The quantitative estimate of drug-likeness (QED) is 0.804. The van der Waals surface area contributed by atoms with Crippen molar-refractivity contribution in [2.75, 3.05) is 39.4 Å². The average molecular weight is 388 g/mol. The Bertz CT molecular complexity index is 921. The smallest absolute Gasteiger partial charge is 0.243 e. The third kappa shape index (κ3) is 3.95. The van der Waals surface area contributed by atoms with Gasteiger partial charge < -0.3 is 9.47 Å². The SMILES string of the molecule is Cc1cccc(CN2CCN(S(=O)(=O)c3ccc4c(c3)OCCO4)CC2)c1. The van der Waals surface area contributed by atoms with Gasteiger partial charge in [-0.3, -0.25) is 4.90 Å². The fourth-order valence-corrected chi connectivity index (χ4v) is 4.97. The molecular weight excluding hydrogens is 364 g/mol. The molecule has 2 heterocycles. The topological polar surface area (TPSA) is 59.1 Å². The molecular formula is C20H24N2O4S. The Morgan fingerprint density at radius 1 is 0.926 bits per heavy atom. The normalized spacial score (nSPS) is 18.4. The highest BCUT2D eigenvalue weighted by atomic mass is 32.2. The van der Waals surface area contributed by atoms with Crippen molar-refractivity contribution in [3.05, 3.63) is 53.6 Å². The molecule has 0 aromatic heterocycles. The van der Waals surface area contributed by atoms with Crippen LogP contribution in [0.2, 0.25) is 0 Å². The second kappa shape index (κ2) is 7.50. The predicted octanol–water partition coefficient (Wildman–Crippen LogP) is 2.27. The summed E-state index contributed by atoms with van der Waals surface area (Å²) >= 11 is 0. The van der Waals surface area contributed by atoms with Crippen LogP contribution >= 0.6 is 0 Å². The van der Waals surface area contributed by atoms with Crippen molar-refractivity contribution >= 4 is 10.0 Å². The van der Waals surface area contributed by atoms with Crippen molar-refractivity contribution in [3.63, 3.8) is 0 Å². The number of aryl methyl sites for hydroxylation is 1. The van der Waals surface area contributed by atoms with Crippen molar-refractivity contribution in [2.45, 2.75) is 18.4 Å². The lowest BCUT2D eigenvalue weighted by molar-refractivity contribution is 0.170. The molecule has 0 amide bonds. The first-order valence-corrected chi connectivity index (χ1v) is 10.6. The number of benzene rings is 2. The van der Waals surface area contributed by atoms with Crippen molar-refractivity contribution in [1.29, 1.82) is 0 Å². The number of ether oxygens (including phenoxy) is 2. The van der Waals surface area contributed by atoms with Gasteiger partial charge in [0, 0.05) is 38.8 Å². The first-order valence-electron chi connectivity index (χ1n) is 9.20. The molecule has 7 heteroatoms. The van der Waals surface area contributed by atoms with Crippen LogP contribution in [0.3, 0.4) is 0 Å². The van der Waals surface area contributed by atoms with Gasteiger partial charge in [-0.05, 0) is 24.6 Å². The van der Waals surface area contributed by atoms with E-state index in [1.807, 2.05) is 0 Å². The van der Waals surface area contributed by atoms with Gasteiger partial charge in [0.15, 0.2) is 11.5 Å². The molecule has 2 aromatic carbocycles. The molecule has 0 spiro atoms. The van der Waals surface area contributed by atoms with Crippen LogP contribution in [0, 0.1) is 6.92 Å². The summed E-state index contributed by atoms with van der Waals surface area (Å²) in [6.45, 7) is 6.28. The number of fused-ring (bicyclic) bond motifs is 1. The molecule has 1 fully saturated rings. The second-order valence-corrected chi connectivity index (χ2v) is 8.91. The summed E-state index contributed by atoms with van der Waals surface area (Å²) in [7, 11) is -3.53. The van der Waals surface area contributed by atoms with Gasteiger partial charge in [-0.15, -0.1) is 0 Å². The second-order valence-electron chi connectivity index (χ2n) is 6.97. The van der Waals surface area contributed by atoms with Crippen LogP contribution in [0.25, 0.3) is 0 Å². The van der Waals surface area contributed by atoms with Gasteiger partial charge in [0.05, 0.1) is 4.90 Å². The van der Waals surface area contributed by atoms with Gasteiger partial charge in [-0.1, -0.05) is 29.8 Å². The van der Waals surface area contributed by atoms with Crippen molar-refractivity contribution < 1.29 is 17.9 Å². The molecule has 2 aromatic rings. The van der Waals surface area contributed by atoms with Crippen molar-refractivity contribution in [1.82, 2.24) is 9.21 Å². The molecule has 27 heavy (non-hydrogen) atoms. The van der Waals surface area contributed by atoms with Gasteiger partial charge in [-0.2, -0.15) is 4.31 Å². The highest BCUT2D eigenvalue weighted by Gasteiger charge is 2.29. The van der Waals surface area contributed by atoms with Crippen LogP contribution in [0.1, 0.15) is 11.1 Å². The van der Waals surface area contributed by atoms with E-state index >= 15 is 0 Å². The third-order valence-electron chi connectivity index (χ3n) is 4.97. The lowest BCUT2D eigenvalue weighted by atomic mass is 10.1. The minimum atomic E-state index is -3.53. The molecule has 6 nitrogen and oxygen atoms in total. The van der Waals surface area contributed by atoms with E-state index in [1.165, 1.54) is 11.1 Å². The molecule has 0 radical (unpaired) electrons. The number of hydrogen-bond acceptors (Lipinski definition) is 5. The molecule has 0 N–H and O–H groups in total. The van der Waals surface area contributed by atoms with Gasteiger partial charge in [-0.25, -0.2) is 8.42 Å². The summed E-state index contributed by atoms with van der Waals surface area (Å²) in [5.41, 5.74) is 2.51. The first-order chi connectivity index (χ1) is 13.0. The number of piperazine rings is 1. The minimum absolute atomic E-state index is 0.263. The zero-order valence-corrected chi connectivity index (χ0v) is 16.2. The molecule has 0 atom stereocenters. The standard InChI is InChI=1S/C20H24N2O4S/c1-16-3-2-4-17(13-16)15-21-7-9-22(10-8-21)27(23,24)18-5-6-19-20(14-18)26-12-11-25-19/h2-6,13-14H,7-12,15H2,1H3. The summed E-state index contributed by atoms with van der Waals surface area (Å²) in [6, 6.07) is 13.3. The largest absolute Gasteiger partial charge is 0.486 e. The molecule has 1 saturated heterocycles. The number of sulfonamides is 1. The summed E-state index contributed by atoms with van der Waals surface area (Å²) in [5, 5.41) is 0. The third-order valence-corrected chi connectivity index (χ3v) is 6.87. The Morgan fingerprint density at radius 3 is 2.41 bits per heavy atom. The Balaban J connectivity index is 1.42. The van der Waals surface area contributed by atoms with E-state index in [4.69, 9.17) is 9.47 Å². The Labute approximate surface area is 160 Å². The van der Waals surface area contributed by atoms with Crippen LogP contribution in [-0.4, -0.2) is 57.0 Å². The van der Waals surface area contributed by atoms with Gasteiger partial charge >= 0.3 is 0 Å². The van der Waals surface area contributed by atoms with E-state index < -0.39 is 10.0 Å². The zero-order valence-electron chi connectivity index (χ0n) is 15.4. The minimum Gasteiger partial charge on any atom is -0.486 e. The fraction of sp³-hybridized carbons (Fsp3) is 0.400. The number of hydrogen-bond donors (Lipinski definition) is 0. The van der Waals surface area contributed by atoms with E-state index in [9.17, 15) is 8.42 Å². The molecule has 0 saturated carbocycles. The Kier molecular flexibility index (Phi) is 5.08. The van der Waals surface area contributed by atoms with Gasteiger partial charge in [0.25, 0.3) is 0 Å². The van der Waals surface area contributed by atoms with E-state index in [2.05, 4.69) is 36.1 Å². The fourth-order valence-electron chi connectivity index (χ4n) is 3.53. The van der Waals surface area contributed by atoms with Gasteiger partial charge in [0.1, 0.15) is 13.2 Å². The summed E-state index contributed by atoms with van der Waals surface area (Å²) in [6.07, 6.45) is 0. The van der Waals surface area contributed by atoms with Crippen LogP contribution < -0.4 is 9.47 Å². The summed E-state index contributed by atoms with van der Waals surface area (Å²) in [4.78, 5) is 2.56. The Hall–Kier alpha value is -2.09. The van der Waals surface area contributed by atoms with E-state index in [0.29, 0.717) is 37.8 Å². The van der Waals surface area contributed by atoms with Crippen LogP contribution in [0.15, 0.2) is 47.4 Å². The first kappa shape index (κ1) is 18.3. The molecule has 144 valence electrons. The van der Waals surface area contributed by atoms with E-state index in [0.717, 1.165) is 19.6 Å². The van der Waals surface area contributed by atoms with Crippen LogP contribution in [0.5, 0.6) is 11.5 Å². The average Bonchev–Trinajstić information content (AvgIpc) is 2.68. The maximum absolute atomic E-state index is 13.0. The lowest BCUT2D eigenvalue weighted by Gasteiger charge is -2.34. The van der Waals surface area contributed by atoms with Gasteiger partial charge in [0.2, 0.25) is 10.0 Å². The number of nitrogens with zero attached hydrogens (tertiary/aromatic N) is 2. The molecule has 0 unspecified atom stereocenters. The highest BCUT2D eigenvalue weighted by Crippen LogP contribution is 2.33. The van der Waals surface area contributed by atoms with E-state index in [1.54, 1.807) is 22.5 Å². The summed E-state index contributed by atoms with van der Waals surface area (Å²) < 4.78 is 38.5. The van der Waals surface area contributed by atoms with E-state index in [-0.39, 0.29) is 4.90 Å². The predicted molar refractivity (Wildman–Crippen MR) is 103 cm³/mol. The van der Waals surface area contributed by atoms with Crippen molar-refractivity contribution in [3.8, 4) is 11.5 Å². The molecule has 2 aliphatic heterocycles. The maximum Gasteiger partial charge on any atom is 0.243 e. The Morgan fingerprint density at radius 2 is 1.67 bits per heavy atom. The zero-order chi connectivity index (χ0) is 18.9. The molecule has 0 aliphatic carbocycles. The highest BCUT2D eigenvalue weighted by molar-refractivity contribution is 7.89. The van der Waals surface area contributed by atoms with Crippen molar-refractivity contribution in [2.24, 2.45) is 0 Å². The maximum atomic E-state index is 13.0. The molecule has 2 aliphatic rings.